The van der Waals surface area contributed by atoms with Gasteiger partial charge in [-0.25, -0.2) is 13.4 Å². The Morgan fingerprint density at radius 3 is 2.60 bits per heavy atom. The average molecular weight is 356 g/mol. The molecule has 1 aliphatic rings. The fourth-order valence-corrected chi connectivity index (χ4v) is 4.01. The van der Waals surface area contributed by atoms with Crippen LogP contribution in [0.1, 0.15) is 24.7 Å². The molecule has 1 fully saturated rings. The zero-order valence-corrected chi connectivity index (χ0v) is 14.9. The van der Waals surface area contributed by atoms with Crippen LogP contribution in [0, 0.1) is 0 Å². The van der Waals surface area contributed by atoms with Crippen LogP contribution in [0.25, 0.3) is 11.1 Å². The molecule has 2 aromatic carbocycles. The molecule has 5 nitrogen and oxygen atoms in total. The lowest BCUT2D eigenvalue weighted by atomic mass is 9.97. The second-order valence-corrected chi connectivity index (χ2v) is 8.59. The number of hydrogen-bond acceptors (Lipinski definition) is 5. The molecule has 25 heavy (non-hydrogen) atoms. The summed E-state index contributed by atoms with van der Waals surface area (Å²) in [6, 6.07) is 14.9. The zero-order valence-electron chi connectivity index (χ0n) is 14.1. The number of piperidine rings is 1. The number of para-hydroxylation sites is 2. The third kappa shape index (κ3) is 3.26. The Balaban J connectivity index is 1.56. The van der Waals surface area contributed by atoms with E-state index in [1.54, 1.807) is 12.1 Å². The molecule has 6 heteroatoms. The lowest BCUT2D eigenvalue weighted by Crippen LogP contribution is -2.34. The second kappa shape index (κ2) is 6.19. The average Bonchev–Trinajstić information content (AvgIpc) is 3.05. The summed E-state index contributed by atoms with van der Waals surface area (Å²) in [5, 5.41) is 0. The van der Waals surface area contributed by atoms with Crippen LogP contribution in [0.4, 0.5) is 5.69 Å². The molecule has 0 N–H and O–H groups in total. The molecule has 4 rings (SSSR count). The number of benzene rings is 2. The van der Waals surface area contributed by atoms with Crippen molar-refractivity contribution in [2.75, 3.05) is 24.2 Å². The van der Waals surface area contributed by atoms with Crippen molar-refractivity contribution < 1.29 is 12.8 Å². The van der Waals surface area contributed by atoms with Crippen molar-refractivity contribution in [2.24, 2.45) is 0 Å². The van der Waals surface area contributed by atoms with Crippen LogP contribution in [0.15, 0.2) is 57.8 Å². The molecule has 0 bridgehead atoms. The smallest absolute Gasteiger partial charge is 0.200 e. The summed E-state index contributed by atoms with van der Waals surface area (Å²) in [6.45, 7) is 1.78. The van der Waals surface area contributed by atoms with Crippen LogP contribution < -0.4 is 4.90 Å². The third-order valence-corrected chi connectivity index (χ3v) is 5.84. The van der Waals surface area contributed by atoms with E-state index >= 15 is 0 Å². The fraction of sp³-hybridized carbons (Fsp3) is 0.316. The zero-order chi connectivity index (χ0) is 17.4. The molecule has 0 spiro atoms. The number of hydrogen-bond donors (Lipinski definition) is 0. The van der Waals surface area contributed by atoms with Gasteiger partial charge in [-0.3, -0.25) is 0 Å². The Kier molecular flexibility index (Phi) is 4.00. The topological polar surface area (TPSA) is 63.4 Å². The van der Waals surface area contributed by atoms with Gasteiger partial charge in [-0.2, -0.15) is 0 Å². The summed E-state index contributed by atoms with van der Waals surface area (Å²) in [6.07, 6.45) is 3.33. The quantitative estimate of drug-likeness (QED) is 0.717. The predicted octanol–water partition coefficient (Wildman–Crippen LogP) is 3.62. The highest BCUT2D eigenvalue weighted by molar-refractivity contribution is 7.90. The molecular weight excluding hydrogens is 336 g/mol. The number of nitrogens with zero attached hydrogens (tertiary/aromatic N) is 2. The number of anilines is 1. The van der Waals surface area contributed by atoms with Gasteiger partial charge in [-0.05, 0) is 49.2 Å². The van der Waals surface area contributed by atoms with E-state index in [2.05, 4.69) is 9.88 Å². The molecule has 1 aromatic heterocycles. The van der Waals surface area contributed by atoms with Gasteiger partial charge in [0.05, 0.1) is 10.8 Å². The number of oxazole rings is 1. The summed E-state index contributed by atoms with van der Waals surface area (Å²) in [5.74, 6) is 1.04. The maximum Gasteiger partial charge on any atom is 0.200 e. The minimum atomic E-state index is -3.16. The molecule has 1 saturated heterocycles. The first-order chi connectivity index (χ1) is 12.0. The Morgan fingerprint density at radius 2 is 1.88 bits per heavy atom. The van der Waals surface area contributed by atoms with Crippen molar-refractivity contribution in [2.45, 2.75) is 23.7 Å². The van der Waals surface area contributed by atoms with Crippen LogP contribution in [-0.4, -0.2) is 32.7 Å². The Bertz CT molecular complexity index is 960. The minimum Gasteiger partial charge on any atom is -0.440 e. The normalized spacial score (nSPS) is 18.6. The summed E-state index contributed by atoms with van der Waals surface area (Å²) in [5.41, 5.74) is 2.76. The number of aromatic nitrogens is 1. The van der Waals surface area contributed by atoms with Gasteiger partial charge in [0, 0.05) is 25.0 Å². The largest absolute Gasteiger partial charge is 0.440 e. The second-order valence-electron chi connectivity index (χ2n) is 6.57. The van der Waals surface area contributed by atoms with Crippen molar-refractivity contribution >= 4 is 26.6 Å². The van der Waals surface area contributed by atoms with E-state index in [1.807, 2.05) is 36.4 Å². The van der Waals surface area contributed by atoms with Crippen LogP contribution in [0.3, 0.4) is 0 Å². The molecule has 1 unspecified atom stereocenters. The summed E-state index contributed by atoms with van der Waals surface area (Å²) >= 11 is 0. The van der Waals surface area contributed by atoms with Crippen molar-refractivity contribution in [3.8, 4) is 0 Å². The lowest BCUT2D eigenvalue weighted by molar-refractivity contribution is 0.413. The highest BCUT2D eigenvalue weighted by Gasteiger charge is 2.25. The number of fused-ring (bicyclic) bond motifs is 1. The van der Waals surface area contributed by atoms with Gasteiger partial charge in [0.25, 0.3) is 0 Å². The summed E-state index contributed by atoms with van der Waals surface area (Å²) < 4.78 is 29.2. The molecule has 130 valence electrons. The summed E-state index contributed by atoms with van der Waals surface area (Å²) in [7, 11) is -3.16. The van der Waals surface area contributed by atoms with E-state index in [-0.39, 0.29) is 5.92 Å². The van der Waals surface area contributed by atoms with Gasteiger partial charge in [-0.15, -0.1) is 0 Å². The van der Waals surface area contributed by atoms with Gasteiger partial charge < -0.3 is 9.32 Å². The van der Waals surface area contributed by atoms with Gasteiger partial charge >= 0.3 is 0 Å². The van der Waals surface area contributed by atoms with Gasteiger partial charge in [0.1, 0.15) is 5.52 Å². The molecule has 3 aromatic rings. The van der Waals surface area contributed by atoms with Crippen LogP contribution >= 0.6 is 0 Å². The van der Waals surface area contributed by atoms with Crippen molar-refractivity contribution in [3.05, 3.63) is 54.4 Å². The monoisotopic (exact) mass is 356 g/mol. The highest BCUT2D eigenvalue weighted by atomic mass is 32.2. The Hall–Kier alpha value is -2.34. The molecular formula is C19H20N2O3S. The highest BCUT2D eigenvalue weighted by Crippen LogP contribution is 2.31. The lowest BCUT2D eigenvalue weighted by Gasteiger charge is -2.33. The van der Waals surface area contributed by atoms with E-state index in [0.717, 1.165) is 48.6 Å². The SMILES string of the molecule is CS(=O)(=O)c1ccc(N2CCCC(c3nc4ccccc4o3)C2)cc1. The van der Waals surface area contributed by atoms with E-state index in [4.69, 9.17) is 4.42 Å². The van der Waals surface area contributed by atoms with Gasteiger partial charge in [-0.1, -0.05) is 12.1 Å². The van der Waals surface area contributed by atoms with Crippen molar-refractivity contribution in [3.63, 3.8) is 0 Å². The van der Waals surface area contributed by atoms with Gasteiger partial charge in [0.2, 0.25) is 0 Å². The minimum absolute atomic E-state index is 0.246. The van der Waals surface area contributed by atoms with E-state index in [1.165, 1.54) is 6.26 Å². The maximum atomic E-state index is 11.6. The first-order valence-electron chi connectivity index (χ1n) is 8.41. The molecule has 0 amide bonds. The van der Waals surface area contributed by atoms with Crippen molar-refractivity contribution in [1.82, 2.24) is 4.98 Å². The maximum absolute atomic E-state index is 11.6. The third-order valence-electron chi connectivity index (χ3n) is 4.71. The van der Waals surface area contributed by atoms with Crippen molar-refractivity contribution in [1.29, 1.82) is 0 Å². The van der Waals surface area contributed by atoms with E-state index in [0.29, 0.717) is 4.90 Å². The molecule has 1 atom stereocenters. The van der Waals surface area contributed by atoms with Crippen LogP contribution in [-0.2, 0) is 9.84 Å². The Labute approximate surface area is 147 Å². The van der Waals surface area contributed by atoms with E-state index in [9.17, 15) is 8.42 Å². The predicted molar refractivity (Wildman–Crippen MR) is 97.7 cm³/mol. The molecule has 1 aliphatic heterocycles. The number of rotatable bonds is 3. The van der Waals surface area contributed by atoms with E-state index < -0.39 is 9.84 Å². The molecule has 0 saturated carbocycles. The molecule has 0 radical (unpaired) electrons. The van der Waals surface area contributed by atoms with Crippen LogP contribution in [0.2, 0.25) is 0 Å². The standard InChI is InChI=1S/C19H20N2O3S/c1-25(22,23)16-10-8-15(9-11-16)21-12-4-5-14(13-21)19-20-17-6-2-3-7-18(17)24-19/h2-3,6-11,14H,4-5,12-13H2,1H3. The molecule has 0 aliphatic carbocycles. The first-order valence-corrected chi connectivity index (χ1v) is 10.3. The fourth-order valence-electron chi connectivity index (χ4n) is 3.38. The first kappa shape index (κ1) is 16.1. The number of sulfone groups is 1. The molecule has 2 heterocycles. The Morgan fingerprint density at radius 1 is 1.12 bits per heavy atom. The van der Waals surface area contributed by atoms with Gasteiger partial charge in [0.15, 0.2) is 21.3 Å². The van der Waals surface area contributed by atoms with Crippen LogP contribution in [0.5, 0.6) is 0 Å². The summed E-state index contributed by atoms with van der Waals surface area (Å²) in [4.78, 5) is 7.26.